The Labute approximate surface area is 195 Å². The van der Waals surface area contributed by atoms with Gasteiger partial charge in [-0.2, -0.15) is 0 Å². The van der Waals surface area contributed by atoms with Crippen LogP contribution in [0.5, 0.6) is 0 Å². The van der Waals surface area contributed by atoms with Crippen LogP contribution in [-0.2, 0) is 11.2 Å². The molecule has 1 aromatic heterocycles. The number of thioether (sulfide) groups is 1. The van der Waals surface area contributed by atoms with E-state index in [2.05, 4.69) is 44.3 Å². The fourth-order valence-electron chi connectivity index (χ4n) is 4.44. The van der Waals surface area contributed by atoms with Gasteiger partial charge in [0, 0.05) is 18.2 Å². The second-order valence-corrected chi connectivity index (χ2v) is 10.0. The molecule has 168 valence electrons. The predicted octanol–water partition coefficient (Wildman–Crippen LogP) is 6.11. The maximum atomic E-state index is 13.0. The number of carbonyl (C=O) groups excluding carboxylic acids is 1. The summed E-state index contributed by atoms with van der Waals surface area (Å²) in [6.45, 7) is 6.00. The van der Waals surface area contributed by atoms with E-state index in [9.17, 15) is 4.79 Å². The second kappa shape index (κ2) is 10.3. The van der Waals surface area contributed by atoms with Gasteiger partial charge in [-0.1, -0.05) is 79.6 Å². The largest absolute Gasteiger partial charge is 0.325 e. The summed E-state index contributed by atoms with van der Waals surface area (Å²) in [5, 5.41) is 12.8. The molecule has 0 unspecified atom stereocenters. The standard InChI is InChI=1S/C26H32N4OS/c1-18-11-10-12-19(2)24(18)27-25(31)20(3)32-26-29-28-23(17-21-13-6-4-7-14-21)30(26)22-15-8-5-9-16-22/h4,6-7,10-14,20,22H,5,8-9,15-17H2,1-3H3,(H,27,31)/t20-/m0/s1. The molecule has 5 nitrogen and oxygen atoms in total. The third kappa shape index (κ3) is 5.23. The Morgan fingerprint density at radius 1 is 1.03 bits per heavy atom. The molecule has 3 aromatic rings. The van der Waals surface area contributed by atoms with Crippen LogP contribution in [0.1, 0.15) is 67.6 Å². The van der Waals surface area contributed by atoms with Crippen LogP contribution in [0.25, 0.3) is 0 Å². The summed E-state index contributed by atoms with van der Waals surface area (Å²) >= 11 is 1.51. The van der Waals surface area contributed by atoms with Crippen molar-refractivity contribution in [1.29, 1.82) is 0 Å². The number of rotatable bonds is 7. The highest BCUT2D eigenvalue weighted by Crippen LogP contribution is 2.34. The molecule has 1 saturated carbocycles. The Balaban J connectivity index is 1.55. The minimum atomic E-state index is -0.273. The van der Waals surface area contributed by atoms with Crippen LogP contribution in [-0.4, -0.2) is 25.9 Å². The van der Waals surface area contributed by atoms with Gasteiger partial charge in [0.25, 0.3) is 0 Å². The number of benzene rings is 2. The molecule has 1 heterocycles. The summed E-state index contributed by atoms with van der Waals surface area (Å²) in [4.78, 5) is 13.0. The molecule has 0 aliphatic heterocycles. The number of amides is 1. The maximum Gasteiger partial charge on any atom is 0.237 e. The molecule has 1 amide bonds. The van der Waals surface area contributed by atoms with Crippen molar-refractivity contribution in [3.63, 3.8) is 0 Å². The van der Waals surface area contributed by atoms with Crippen LogP contribution in [0.3, 0.4) is 0 Å². The number of nitrogens with zero attached hydrogens (tertiary/aromatic N) is 3. The lowest BCUT2D eigenvalue weighted by Crippen LogP contribution is -2.24. The molecule has 1 fully saturated rings. The number of aryl methyl sites for hydroxylation is 2. The Morgan fingerprint density at radius 3 is 2.41 bits per heavy atom. The third-order valence-electron chi connectivity index (χ3n) is 6.26. The van der Waals surface area contributed by atoms with E-state index in [0.29, 0.717) is 6.04 Å². The summed E-state index contributed by atoms with van der Waals surface area (Å²) in [5.41, 5.74) is 4.29. The van der Waals surface area contributed by atoms with Gasteiger partial charge >= 0.3 is 0 Å². The smallest absolute Gasteiger partial charge is 0.237 e. The number of hydrogen-bond acceptors (Lipinski definition) is 4. The van der Waals surface area contributed by atoms with E-state index in [1.807, 2.05) is 45.0 Å². The first-order chi connectivity index (χ1) is 15.5. The van der Waals surface area contributed by atoms with Gasteiger partial charge in [0.05, 0.1) is 5.25 Å². The molecule has 0 radical (unpaired) electrons. The van der Waals surface area contributed by atoms with Crippen molar-refractivity contribution in [3.8, 4) is 0 Å². The van der Waals surface area contributed by atoms with Gasteiger partial charge in [0.1, 0.15) is 5.82 Å². The molecule has 0 saturated heterocycles. The van der Waals surface area contributed by atoms with Crippen molar-refractivity contribution in [1.82, 2.24) is 14.8 Å². The van der Waals surface area contributed by atoms with Crippen LogP contribution in [0.15, 0.2) is 53.7 Å². The molecular formula is C26H32N4OS. The quantitative estimate of drug-likeness (QED) is 0.443. The lowest BCUT2D eigenvalue weighted by atomic mass is 9.95. The SMILES string of the molecule is Cc1cccc(C)c1NC(=O)[C@H](C)Sc1nnc(Cc2ccccc2)n1C1CCCCC1. The van der Waals surface area contributed by atoms with Crippen LogP contribution in [0, 0.1) is 13.8 Å². The molecule has 1 N–H and O–H groups in total. The minimum Gasteiger partial charge on any atom is -0.325 e. The van der Waals surface area contributed by atoms with Crippen molar-refractivity contribution in [2.75, 3.05) is 5.32 Å². The van der Waals surface area contributed by atoms with Crippen molar-refractivity contribution in [2.45, 2.75) is 75.7 Å². The Morgan fingerprint density at radius 2 is 1.72 bits per heavy atom. The highest BCUT2D eigenvalue weighted by atomic mass is 32.2. The van der Waals surface area contributed by atoms with E-state index < -0.39 is 0 Å². The number of carbonyl (C=O) groups is 1. The Hall–Kier alpha value is -2.60. The van der Waals surface area contributed by atoms with Gasteiger partial charge in [-0.05, 0) is 50.3 Å². The fraction of sp³-hybridized carbons (Fsp3) is 0.423. The van der Waals surface area contributed by atoms with Gasteiger partial charge in [-0.25, -0.2) is 0 Å². The van der Waals surface area contributed by atoms with Gasteiger partial charge in [0.15, 0.2) is 5.16 Å². The van der Waals surface area contributed by atoms with E-state index in [-0.39, 0.29) is 11.2 Å². The van der Waals surface area contributed by atoms with Crippen molar-refractivity contribution >= 4 is 23.4 Å². The third-order valence-corrected chi connectivity index (χ3v) is 7.32. The zero-order valence-electron chi connectivity index (χ0n) is 19.2. The molecule has 32 heavy (non-hydrogen) atoms. The number of hydrogen-bond donors (Lipinski definition) is 1. The number of aromatic nitrogens is 3. The van der Waals surface area contributed by atoms with Crippen LogP contribution >= 0.6 is 11.8 Å². The number of nitrogens with one attached hydrogen (secondary N) is 1. The highest BCUT2D eigenvalue weighted by Gasteiger charge is 2.26. The van der Waals surface area contributed by atoms with Crippen LogP contribution in [0.2, 0.25) is 0 Å². The van der Waals surface area contributed by atoms with Gasteiger partial charge in [-0.3, -0.25) is 4.79 Å². The Kier molecular flexibility index (Phi) is 7.30. The first-order valence-electron chi connectivity index (χ1n) is 11.5. The summed E-state index contributed by atoms with van der Waals surface area (Å²) in [7, 11) is 0. The number of para-hydroxylation sites is 1. The first kappa shape index (κ1) is 22.6. The highest BCUT2D eigenvalue weighted by molar-refractivity contribution is 8.00. The van der Waals surface area contributed by atoms with E-state index in [4.69, 9.17) is 0 Å². The molecule has 6 heteroatoms. The lowest BCUT2D eigenvalue weighted by molar-refractivity contribution is -0.115. The molecule has 0 spiro atoms. The average Bonchev–Trinajstić information content (AvgIpc) is 3.19. The monoisotopic (exact) mass is 448 g/mol. The Bertz CT molecular complexity index is 1040. The van der Waals surface area contributed by atoms with E-state index in [0.717, 1.165) is 47.1 Å². The molecule has 4 rings (SSSR count). The minimum absolute atomic E-state index is 0.00444. The van der Waals surface area contributed by atoms with Gasteiger partial charge in [0.2, 0.25) is 5.91 Å². The van der Waals surface area contributed by atoms with Crippen molar-refractivity contribution in [2.24, 2.45) is 0 Å². The van der Waals surface area contributed by atoms with Gasteiger partial charge in [-0.15, -0.1) is 10.2 Å². The summed E-state index contributed by atoms with van der Waals surface area (Å²) in [6.07, 6.45) is 6.82. The molecule has 0 bridgehead atoms. The van der Waals surface area contributed by atoms with Crippen LogP contribution in [0.4, 0.5) is 5.69 Å². The van der Waals surface area contributed by atoms with Crippen molar-refractivity contribution < 1.29 is 4.79 Å². The summed E-state index contributed by atoms with van der Waals surface area (Å²) in [5.74, 6) is 0.989. The summed E-state index contributed by atoms with van der Waals surface area (Å²) < 4.78 is 2.32. The average molecular weight is 449 g/mol. The molecule has 2 aromatic carbocycles. The first-order valence-corrected chi connectivity index (χ1v) is 12.4. The number of anilines is 1. The van der Waals surface area contributed by atoms with E-state index in [1.54, 1.807) is 0 Å². The maximum absolute atomic E-state index is 13.0. The zero-order valence-corrected chi connectivity index (χ0v) is 20.0. The molecule has 1 aliphatic rings. The van der Waals surface area contributed by atoms with E-state index in [1.165, 1.54) is 36.6 Å². The summed E-state index contributed by atoms with van der Waals surface area (Å²) in [6, 6.07) is 16.9. The zero-order chi connectivity index (χ0) is 22.5. The lowest BCUT2D eigenvalue weighted by Gasteiger charge is -2.26. The second-order valence-electron chi connectivity index (χ2n) is 8.74. The predicted molar refractivity (Wildman–Crippen MR) is 131 cm³/mol. The normalized spacial score (nSPS) is 15.5. The molecule has 1 atom stereocenters. The van der Waals surface area contributed by atoms with E-state index >= 15 is 0 Å². The topological polar surface area (TPSA) is 59.8 Å². The van der Waals surface area contributed by atoms with Crippen molar-refractivity contribution in [3.05, 3.63) is 71.0 Å². The molecule has 1 aliphatic carbocycles. The van der Waals surface area contributed by atoms with Gasteiger partial charge < -0.3 is 9.88 Å². The fourth-order valence-corrected chi connectivity index (χ4v) is 5.38. The molecular weight excluding hydrogens is 416 g/mol. The van der Waals surface area contributed by atoms with Crippen LogP contribution < -0.4 is 5.32 Å².